The molecule has 190 valence electrons. The van der Waals surface area contributed by atoms with E-state index in [1.54, 1.807) is 4.90 Å². The Labute approximate surface area is 201 Å². The summed E-state index contributed by atoms with van der Waals surface area (Å²) in [6, 6.07) is 2.66. The van der Waals surface area contributed by atoms with Gasteiger partial charge in [0, 0.05) is 12.1 Å². The molecule has 1 aliphatic carbocycles. The normalized spacial score (nSPS) is 19.6. The third kappa shape index (κ3) is 6.34. The van der Waals surface area contributed by atoms with Gasteiger partial charge in [0.15, 0.2) is 27.9 Å². The van der Waals surface area contributed by atoms with Crippen LogP contribution >= 0.6 is 0 Å². The summed E-state index contributed by atoms with van der Waals surface area (Å²) < 4.78 is 46.4. The highest BCUT2D eigenvalue weighted by Crippen LogP contribution is 2.39. The molecular weight excluding hydrogens is 462 g/mol. The Kier molecular flexibility index (Phi) is 9.04. The number of esters is 1. The van der Waals surface area contributed by atoms with Crippen molar-refractivity contribution in [3.05, 3.63) is 17.7 Å². The predicted octanol–water partition coefficient (Wildman–Crippen LogP) is 3.00. The van der Waals surface area contributed by atoms with Gasteiger partial charge in [-0.25, -0.2) is 13.2 Å². The number of carbonyl (C=O) groups excluding carboxylic acids is 2. The van der Waals surface area contributed by atoms with Crippen molar-refractivity contribution < 1.29 is 37.0 Å². The minimum atomic E-state index is -3.15. The molecule has 0 bridgehead atoms. The number of amides is 1. The first-order chi connectivity index (χ1) is 16.3. The summed E-state index contributed by atoms with van der Waals surface area (Å²) in [5.74, 6) is 0.133. The molecule has 34 heavy (non-hydrogen) atoms. The lowest BCUT2D eigenvalue weighted by atomic mass is 10.1. The maximum Gasteiger partial charge on any atom is 0.338 e. The Bertz CT molecular complexity index is 944. The Morgan fingerprint density at radius 3 is 2.00 bits per heavy atom. The third-order valence-corrected chi connectivity index (χ3v) is 7.83. The molecule has 2 fully saturated rings. The van der Waals surface area contributed by atoms with Gasteiger partial charge in [-0.1, -0.05) is 12.8 Å². The average Bonchev–Trinajstić information content (AvgIpc) is 3.44. The van der Waals surface area contributed by atoms with Gasteiger partial charge in [0.05, 0.1) is 36.9 Å². The van der Waals surface area contributed by atoms with E-state index in [9.17, 15) is 18.0 Å². The maximum atomic E-state index is 13.1. The fraction of sp³-hybridized carbons (Fsp3) is 0.667. The lowest BCUT2D eigenvalue weighted by molar-refractivity contribution is -0.139. The fourth-order valence-electron chi connectivity index (χ4n) is 4.67. The van der Waals surface area contributed by atoms with Crippen LogP contribution in [-0.2, 0) is 19.4 Å². The summed E-state index contributed by atoms with van der Waals surface area (Å²) in [5.41, 5.74) is 0.180. The number of rotatable bonds is 11. The van der Waals surface area contributed by atoms with Crippen molar-refractivity contribution in [1.29, 1.82) is 0 Å². The van der Waals surface area contributed by atoms with Crippen molar-refractivity contribution in [3.8, 4) is 17.2 Å². The highest BCUT2D eigenvalue weighted by Gasteiger charge is 2.39. The first kappa shape index (κ1) is 26.1. The van der Waals surface area contributed by atoms with E-state index in [-0.39, 0.29) is 35.1 Å². The maximum absolute atomic E-state index is 13.1. The summed E-state index contributed by atoms with van der Waals surface area (Å²) in [7, 11) is -3.15. The molecular formula is C24H35NO8S. The zero-order valence-corrected chi connectivity index (χ0v) is 21.0. The summed E-state index contributed by atoms with van der Waals surface area (Å²) >= 11 is 0. The molecule has 1 aliphatic heterocycles. The third-order valence-electron chi connectivity index (χ3n) is 6.08. The molecule has 1 saturated carbocycles. The van der Waals surface area contributed by atoms with E-state index < -0.39 is 22.4 Å². The number of benzene rings is 1. The van der Waals surface area contributed by atoms with Crippen molar-refractivity contribution in [1.82, 2.24) is 4.90 Å². The second kappa shape index (κ2) is 11.8. The monoisotopic (exact) mass is 497 g/mol. The fourth-order valence-corrected chi connectivity index (χ4v) is 6.39. The molecule has 2 aliphatic rings. The second-order valence-electron chi connectivity index (χ2n) is 8.47. The summed E-state index contributed by atoms with van der Waals surface area (Å²) in [6.45, 7) is 6.15. The van der Waals surface area contributed by atoms with Crippen LogP contribution in [0.1, 0.15) is 63.2 Å². The van der Waals surface area contributed by atoms with Crippen molar-refractivity contribution >= 4 is 21.7 Å². The van der Waals surface area contributed by atoms with Crippen LogP contribution < -0.4 is 14.2 Å². The van der Waals surface area contributed by atoms with E-state index in [1.807, 2.05) is 20.8 Å². The van der Waals surface area contributed by atoms with Crippen molar-refractivity contribution in [2.75, 3.05) is 37.9 Å². The van der Waals surface area contributed by atoms with E-state index in [2.05, 4.69) is 0 Å². The van der Waals surface area contributed by atoms with Crippen molar-refractivity contribution in [2.24, 2.45) is 0 Å². The zero-order chi connectivity index (χ0) is 24.7. The quantitative estimate of drug-likeness (QED) is 0.429. The molecule has 1 unspecified atom stereocenters. The van der Waals surface area contributed by atoms with Gasteiger partial charge >= 0.3 is 5.97 Å². The molecule has 1 saturated heterocycles. The molecule has 1 amide bonds. The summed E-state index contributed by atoms with van der Waals surface area (Å²) in [6.07, 6.45) is 4.10. The lowest BCUT2D eigenvalue weighted by Gasteiger charge is -2.33. The first-order valence-electron chi connectivity index (χ1n) is 12.0. The number of hydrogen-bond acceptors (Lipinski definition) is 8. The molecule has 9 nitrogen and oxygen atoms in total. The molecule has 1 atom stereocenters. The molecule has 1 aromatic carbocycles. The summed E-state index contributed by atoms with van der Waals surface area (Å²) in [5, 5.41) is 0. The number of sulfone groups is 1. The molecule has 0 N–H and O–H groups in total. The molecule has 0 radical (unpaired) electrons. The van der Waals surface area contributed by atoms with Crippen molar-refractivity contribution in [2.45, 2.75) is 65.0 Å². The summed E-state index contributed by atoms with van der Waals surface area (Å²) in [4.78, 5) is 27.7. The van der Waals surface area contributed by atoms with Gasteiger partial charge in [0.2, 0.25) is 5.75 Å². The molecule has 0 aromatic heterocycles. The Hall–Kier alpha value is -2.49. The van der Waals surface area contributed by atoms with Gasteiger partial charge < -0.3 is 23.8 Å². The van der Waals surface area contributed by atoms with Crippen LogP contribution in [0.2, 0.25) is 0 Å². The van der Waals surface area contributed by atoms with Gasteiger partial charge in [-0.05, 0) is 52.2 Å². The molecule has 1 heterocycles. The SMILES string of the molecule is CCOc1cc(C(=O)OCC(=O)N(C2CCCC2)C2CCS(=O)(=O)C2)cc(OCC)c1OCC. The van der Waals surface area contributed by atoms with Crippen molar-refractivity contribution in [3.63, 3.8) is 0 Å². The second-order valence-corrected chi connectivity index (χ2v) is 10.7. The van der Waals surface area contributed by atoms with Crippen LogP contribution in [0.4, 0.5) is 0 Å². The van der Waals surface area contributed by atoms with Gasteiger partial charge in [-0.3, -0.25) is 4.79 Å². The average molecular weight is 498 g/mol. The van der Waals surface area contributed by atoms with E-state index in [4.69, 9.17) is 18.9 Å². The molecule has 0 spiro atoms. The van der Waals surface area contributed by atoms with E-state index >= 15 is 0 Å². The standard InChI is InChI=1S/C24H35NO8S/c1-4-30-20-13-17(14-21(31-5-2)23(20)32-6-3)24(27)33-15-22(26)25(18-9-7-8-10-18)19-11-12-34(28,29)16-19/h13-14,18-19H,4-12,15-16H2,1-3H3. The van der Waals surface area contributed by atoms with Crippen LogP contribution in [-0.4, -0.2) is 75.2 Å². The number of carbonyl (C=O) groups is 2. The van der Waals surface area contributed by atoms with E-state index in [1.165, 1.54) is 12.1 Å². The van der Waals surface area contributed by atoms with E-state index in [0.29, 0.717) is 43.5 Å². The lowest BCUT2D eigenvalue weighted by Crippen LogP contribution is -2.48. The minimum Gasteiger partial charge on any atom is -0.490 e. The highest BCUT2D eigenvalue weighted by atomic mass is 32.2. The Morgan fingerprint density at radius 1 is 0.912 bits per heavy atom. The van der Waals surface area contributed by atoms with Gasteiger partial charge in [0.25, 0.3) is 5.91 Å². The molecule has 3 rings (SSSR count). The van der Waals surface area contributed by atoms with E-state index in [0.717, 1.165) is 25.7 Å². The van der Waals surface area contributed by atoms with Crippen LogP contribution in [0, 0.1) is 0 Å². The molecule has 10 heteroatoms. The predicted molar refractivity (Wildman–Crippen MR) is 126 cm³/mol. The van der Waals surface area contributed by atoms with Crippen LogP contribution in [0.15, 0.2) is 12.1 Å². The topological polar surface area (TPSA) is 108 Å². The minimum absolute atomic E-state index is 0.0101. The van der Waals surface area contributed by atoms with Crippen LogP contribution in [0.3, 0.4) is 0 Å². The smallest absolute Gasteiger partial charge is 0.338 e. The van der Waals surface area contributed by atoms with Gasteiger partial charge in [-0.15, -0.1) is 0 Å². The van der Waals surface area contributed by atoms with Crippen LogP contribution in [0.5, 0.6) is 17.2 Å². The molecule has 1 aromatic rings. The number of ether oxygens (including phenoxy) is 4. The number of nitrogens with zero attached hydrogens (tertiary/aromatic N) is 1. The van der Waals surface area contributed by atoms with Gasteiger partial charge in [-0.2, -0.15) is 0 Å². The largest absolute Gasteiger partial charge is 0.490 e. The van der Waals surface area contributed by atoms with Crippen LogP contribution in [0.25, 0.3) is 0 Å². The van der Waals surface area contributed by atoms with Gasteiger partial charge in [0.1, 0.15) is 0 Å². The highest BCUT2D eigenvalue weighted by molar-refractivity contribution is 7.91. The Balaban J connectivity index is 1.75. The number of hydrogen-bond donors (Lipinski definition) is 0. The first-order valence-corrected chi connectivity index (χ1v) is 13.9. The Morgan fingerprint density at radius 2 is 1.50 bits per heavy atom. The zero-order valence-electron chi connectivity index (χ0n) is 20.2.